The summed E-state index contributed by atoms with van der Waals surface area (Å²) in [6.07, 6.45) is 3.43. The topological polar surface area (TPSA) is 86.7 Å². The predicted molar refractivity (Wildman–Crippen MR) is 108 cm³/mol. The van der Waals surface area contributed by atoms with E-state index in [9.17, 15) is 4.79 Å². The molecular weight excluding hydrogens is 409 g/mol. The number of halogens is 2. The van der Waals surface area contributed by atoms with Crippen LogP contribution in [0, 0.1) is 0 Å². The second-order valence-corrected chi connectivity index (χ2v) is 8.39. The van der Waals surface area contributed by atoms with E-state index in [1.54, 1.807) is 42.6 Å². The van der Waals surface area contributed by atoms with Gasteiger partial charge in [0.1, 0.15) is 18.5 Å². The number of alkyl halides is 1. The highest BCUT2D eigenvalue weighted by atomic mass is 35.5. The van der Waals surface area contributed by atoms with Crippen LogP contribution in [-0.4, -0.2) is 24.7 Å². The maximum absolute atomic E-state index is 15.3. The van der Waals surface area contributed by atoms with Crippen LogP contribution in [0.25, 0.3) is 11.0 Å². The molecule has 1 aromatic carbocycles. The van der Waals surface area contributed by atoms with Crippen LogP contribution in [0.5, 0.6) is 0 Å². The maximum Gasteiger partial charge on any atom is 0.263 e. The van der Waals surface area contributed by atoms with E-state index in [2.05, 4.69) is 20.1 Å². The summed E-state index contributed by atoms with van der Waals surface area (Å²) in [5.74, 6) is 0.689. The Kier molecular flexibility index (Phi) is 4.21. The van der Waals surface area contributed by atoms with Gasteiger partial charge in [-0.25, -0.2) is 14.4 Å². The first-order valence-electron chi connectivity index (χ1n) is 9.45. The minimum absolute atomic E-state index is 0.0782. The summed E-state index contributed by atoms with van der Waals surface area (Å²) in [6.45, 7) is 1.98. The van der Waals surface area contributed by atoms with Gasteiger partial charge in [-0.2, -0.15) is 4.98 Å². The molecule has 0 amide bonds. The average Bonchev–Trinajstić information content (AvgIpc) is 3.18. The van der Waals surface area contributed by atoms with Crippen LogP contribution in [-0.2, 0) is 17.6 Å². The van der Waals surface area contributed by atoms with E-state index in [0.717, 1.165) is 0 Å². The zero-order chi connectivity index (χ0) is 20.9. The first kappa shape index (κ1) is 18.9. The van der Waals surface area contributed by atoms with Crippen LogP contribution in [0.4, 0.5) is 4.39 Å². The molecule has 5 rings (SSSR count). The van der Waals surface area contributed by atoms with E-state index >= 15 is 4.39 Å². The highest BCUT2D eigenvalue weighted by molar-refractivity contribution is 6.30. The average molecular weight is 426 g/mol. The van der Waals surface area contributed by atoms with Crippen LogP contribution in [0.2, 0.25) is 5.02 Å². The molecule has 0 saturated heterocycles. The first-order chi connectivity index (χ1) is 14.4. The largest absolute Gasteiger partial charge is 0.337 e. The minimum atomic E-state index is -1.48. The molecule has 1 saturated carbocycles. The Morgan fingerprint density at radius 1 is 1.23 bits per heavy atom. The second kappa shape index (κ2) is 6.70. The monoisotopic (exact) mass is 425 g/mol. The summed E-state index contributed by atoms with van der Waals surface area (Å²) in [6, 6.07) is 10.2. The van der Waals surface area contributed by atoms with Crippen LogP contribution in [0.3, 0.4) is 0 Å². The van der Waals surface area contributed by atoms with Crippen molar-refractivity contribution in [3.63, 3.8) is 0 Å². The van der Waals surface area contributed by atoms with Gasteiger partial charge in [0, 0.05) is 16.6 Å². The molecule has 4 aromatic rings. The lowest BCUT2D eigenvalue weighted by Crippen LogP contribution is -2.48. The van der Waals surface area contributed by atoms with Crippen molar-refractivity contribution in [2.24, 2.45) is 0 Å². The van der Waals surface area contributed by atoms with Crippen molar-refractivity contribution in [2.75, 3.05) is 0 Å². The van der Waals surface area contributed by atoms with Gasteiger partial charge in [-0.3, -0.25) is 9.36 Å². The fourth-order valence-electron chi connectivity index (χ4n) is 4.14. The predicted octanol–water partition coefficient (Wildman–Crippen LogP) is 3.79. The molecule has 0 radical (unpaired) electrons. The molecule has 1 aliphatic rings. The second-order valence-electron chi connectivity index (χ2n) is 7.95. The summed E-state index contributed by atoms with van der Waals surface area (Å²) >= 11 is 6.01. The van der Waals surface area contributed by atoms with Crippen molar-refractivity contribution in [3.05, 3.63) is 81.6 Å². The van der Waals surface area contributed by atoms with Crippen molar-refractivity contribution >= 4 is 22.6 Å². The van der Waals surface area contributed by atoms with Crippen molar-refractivity contribution in [1.29, 1.82) is 0 Å². The fraction of sp³-hybridized carbons (Fsp3) is 0.286. The lowest BCUT2D eigenvalue weighted by molar-refractivity contribution is -0.0191. The summed E-state index contributed by atoms with van der Waals surface area (Å²) in [5.41, 5.74) is -1.35. The molecule has 1 fully saturated rings. The Morgan fingerprint density at radius 3 is 2.87 bits per heavy atom. The Hall–Kier alpha value is -3.13. The van der Waals surface area contributed by atoms with Crippen LogP contribution in [0.15, 0.2) is 58.2 Å². The SMILES string of the molecule is CC1(c2noc(Cn3cnc4ncccc4c3=O)n2)CC(F)(c2cccc(Cl)c2)C1. The molecule has 3 heterocycles. The van der Waals surface area contributed by atoms with Crippen LogP contribution in [0.1, 0.15) is 37.0 Å². The molecular formula is C21H17ClFN5O2. The molecule has 152 valence electrons. The van der Waals surface area contributed by atoms with Crippen molar-refractivity contribution in [3.8, 4) is 0 Å². The Labute approximate surface area is 175 Å². The Balaban J connectivity index is 1.36. The zero-order valence-corrected chi connectivity index (χ0v) is 16.8. The Bertz CT molecular complexity index is 1310. The summed E-state index contributed by atoms with van der Waals surface area (Å²) in [4.78, 5) is 25.3. The van der Waals surface area contributed by atoms with Crippen LogP contribution >= 0.6 is 11.6 Å². The molecule has 1 aliphatic carbocycles. The number of hydrogen-bond acceptors (Lipinski definition) is 6. The van der Waals surface area contributed by atoms with E-state index in [4.69, 9.17) is 16.1 Å². The maximum atomic E-state index is 15.3. The number of pyridine rings is 1. The van der Waals surface area contributed by atoms with Gasteiger partial charge >= 0.3 is 0 Å². The summed E-state index contributed by atoms with van der Waals surface area (Å²) < 4.78 is 22.1. The van der Waals surface area contributed by atoms with Crippen molar-refractivity contribution in [2.45, 2.75) is 37.4 Å². The molecule has 0 bridgehead atoms. The fourth-order valence-corrected chi connectivity index (χ4v) is 4.33. The Morgan fingerprint density at radius 2 is 2.07 bits per heavy atom. The normalized spacial score (nSPS) is 23.4. The third kappa shape index (κ3) is 3.08. The molecule has 0 spiro atoms. The summed E-state index contributed by atoms with van der Waals surface area (Å²) in [5, 5.41) is 4.96. The van der Waals surface area contributed by atoms with Crippen molar-refractivity contribution in [1.82, 2.24) is 24.7 Å². The number of nitrogens with zero attached hydrogens (tertiary/aromatic N) is 5. The van der Waals surface area contributed by atoms with E-state index in [1.165, 1.54) is 10.9 Å². The van der Waals surface area contributed by atoms with Gasteiger partial charge in [0.25, 0.3) is 5.56 Å². The highest BCUT2D eigenvalue weighted by Crippen LogP contribution is 2.57. The molecule has 0 unspecified atom stereocenters. The molecule has 3 aromatic heterocycles. The standard InChI is InChI=1S/C21H17ClFN5O2/c1-20(10-21(23,11-20)13-4-2-5-14(22)8-13)19-26-16(30-27-19)9-28-12-25-17-15(18(28)29)6-3-7-24-17/h2-8,12H,9-11H2,1H3. The number of benzene rings is 1. The van der Waals surface area contributed by atoms with Gasteiger partial charge < -0.3 is 4.52 Å². The molecule has 0 N–H and O–H groups in total. The van der Waals surface area contributed by atoms with Crippen LogP contribution < -0.4 is 5.56 Å². The quantitative estimate of drug-likeness (QED) is 0.494. The molecule has 9 heteroatoms. The van der Waals surface area contributed by atoms with Gasteiger partial charge in [-0.05, 0) is 42.7 Å². The van der Waals surface area contributed by atoms with Gasteiger partial charge in [0.05, 0.1) is 5.39 Å². The van der Waals surface area contributed by atoms with E-state index in [1.807, 2.05) is 6.92 Å². The number of aromatic nitrogens is 5. The van der Waals surface area contributed by atoms with Gasteiger partial charge in [-0.1, -0.05) is 35.8 Å². The zero-order valence-electron chi connectivity index (χ0n) is 16.0. The van der Waals surface area contributed by atoms with E-state index < -0.39 is 11.1 Å². The lowest BCUT2D eigenvalue weighted by Gasteiger charge is -2.48. The number of fused-ring (bicyclic) bond motifs is 1. The minimum Gasteiger partial charge on any atom is -0.337 e. The van der Waals surface area contributed by atoms with E-state index in [0.29, 0.717) is 27.4 Å². The third-order valence-corrected chi connectivity index (χ3v) is 5.83. The van der Waals surface area contributed by atoms with Gasteiger partial charge in [0.2, 0.25) is 5.89 Å². The van der Waals surface area contributed by atoms with Crippen molar-refractivity contribution < 1.29 is 8.91 Å². The smallest absolute Gasteiger partial charge is 0.263 e. The molecule has 7 nitrogen and oxygen atoms in total. The number of rotatable bonds is 4. The molecule has 0 aliphatic heterocycles. The number of hydrogen-bond donors (Lipinski definition) is 0. The lowest BCUT2D eigenvalue weighted by atomic mass is 9.58. The van der Waals surface area contributed by atoms with Gasteiger partial charge in [0.15, 0.2) is 11.5 Å². The highest BCUT2D eigenvalue weighted by Gasteiger charge is 2.56. The van der Waals surface area contributed by atoms with E-state index in [-0.39, 0.29) is 30.8 Å². The first-order valence-corrected chi connectivity index (χ1v) is 9.82. The molecule has 30 heavy (non-hydrogen) atoms. The third-order valence-electron chi connectivity index (χ3n) is 5.59. The summed E-state index contributed by atoms with van der Waals surface area (Å²) in [7, 11) is 0. The van der Waals surface area contributed by atoms with Gasteiger partial charge in [-0.15, -0.1) is 0 Å². The molecule has 0 atom stereocenters.